The number of carbonyl (C=O) groups excluding carboxylic acids is 4. The van der Waals surface area contributed by atoms with Gasteiger partial charge in [0.25, 0.3) is 5.91 Å². The average Bonchev–Trinajstić information content (AvgIpc) is 2.88. The van der Waals surface area contributed by atoms with Crippen molar-refractivity contribution in [1.29, 1.82) is 0 Å². The minimum atomic E-state index is -1.11. The molecule has 1 aliphatic rings. The van der Waals surface area contributed by atoms with Gasteiger partial charge in [-0.15, -0.1) is 0 Å². The minimum Gasteiger partial charge on any atom is -0.444 e. The third-order valence-electron chi connectivity index (χ3n) is 7.05. The van der Waals surface area contributed by atoms with Crippen molar-refractivity contribution in [1.82, 2.24) is 10.2 Å². The number of hydrogen-bond donors (Lipinski definition) is 3. The maximum atomic E-state index is 14.3. The number of alkyl carbamates (subject to hydrolysis) is 1. The topological polar surface area (TPSA) is 131 Å². The Morgan fingerprint density at radius 2 is 1.61 bits per heavy atom. The molecule has 3 aromatic rings. The van der Waals surface area contributed by atoms with Crippen LogP contribution >= 0.6 is 0 Å². The van der Waals surface area contributed by atoms with Gasteiger partial charge < -0.3 is 26.0 Å². The number of benzene rings is 3. The third-order valence-corrected chi connectivity index (χ3v) is 7.05. The summed E-state index contributed by atoms with van der Waals surface area (Å²) in [5.41, 5.74) is 5.85. The molecule has 0 aromatic heterocycles. The second-order valence-electron chi connectivity index (χ2n) is 11.4. The number of anilines is 1. The van der Waals surface area contributed by atoms with Gasteiger partial charge in [-0.1, -0.05) is 60.7 Å². The van der Waals surface area contributed by atoms with E-state index < -0.39 is 35.6 Å². The van der Waals surface area contributed by atoms with Gasteiger partial charge in [0.05, 0.1) is 0 Å². The number of ether oxygens (including phenoxy) is 1. The number of nitrogens with zero attached hydrogens (tertiary/aromatic N) is 1. The Morgan fingerprint density at radius 3 is 2.22 bits per heavy atom. The number of carbonyl (C=O) groups is 4. The molecule has 3 aromatic carbocycles. The summed E-state index contributed by atoms with van der Waals surface area (Å²) >= 11 is 0. The van der Waals surface area contributed by atoms with E-state index >= 15 is 0 Å². The Bertz CT molecular complexity index is 1400. The first kappa shape index (κ1) is 29.6. The Balaban J connectivity index is 1.69. The molecule has 4 rings (SSSR count). The van der Waals surface area contributed by atoms with E-state index in [0.29, 0.717) is 24.1 Å². The predicted molar refractivity (Wildman–Crippen MR) is 158 cm³/mol. The van der Waals surface area contributed by atoms with Crippen LogP contribution in [-0.4, -0.2) is 46.4 Å². The molecule has 0 heterocycles. The van der Waals surface area contributed by atoms with E-state index in [1.807, 2.05) is 72.8 Å². The smallest absolute Gasteiger partial charge is 0.408 e. The van der Waals surface area contributed by atoms with Gasteiger partial charge in [0.1, 0.15) is 17.7 Å². The molecule has 41 heavy (non-hydrogen) atoms. The van der Waals surface area contributed by atoms with Crippen molar-refractivity contribution in [3.8, 4) is 0 Å². The number of amides is 4. The molecule has 2 atom stereocenters. The summed E-state index contributed by atoms with van der Waals surface area (Å²) in [7, 11) is 0. The quantitative estimate of drug-likeness (QED) is 0.320. The number of primary amides is 1. The fraction of sp³-hybridized carbons (Fsp3) is 0.375. The average molecular weight is 559 g/mol. The number of nitrogens with one attached hydrogen (secondary N) is 2. The largest absolute Gasteiger partial charge is 0.444 e. The zero-order valence-electron chi connectivity index (χ0n) is 23.8. The Labute approximate surface area is 240 Å². The number of rotatable bonds is 10. The highest BCUT2D eigenvalue weighted by molar-refractivity contribution is 6.00. The van der Waals surface area contributed by atoms with Gasteiger partial charge in [-0.05, 0) is 74.9 Å². The van der Waals surface area contributed by atoms with Gasteiger partial charge in [0, 0.05) is 18.2 Å². The summed E-state index contributed by atoms with van der Waals surface area (Å²) in [6.45, 7) is 5.15. The number of hydrogen-bond acceptors (Lipinski definition) is 5. The Hall–Kier alpha value is -4.40. The van der Waals surface area contributed by atoms with Crippen LogP contribution in [0.4, 0.5) is 10.5 Å². The molecular formula is C32H38N4O5. The van der Waals surface area contributed by atoms with Crippen molar-refractivity contribution < 1.29 is 23.9 Å². The molecule has 0 radical (unpaired) electrons. The van der Waals surface area contributed by atoms with Gasteiger partial charge in [-0.3, -0.25) is 14.4 Å². The van der Waals surface area contributed by atoms with Crippen molar-refractivity contribution in [2.24, 2.45) is 5.73 Å². The molecule has 1 saturated carbocycles. The van der Waals surface area contributed by atoms with Gasteiger partial charge >= 0.3 is 6.09 Å². The minimum absolute atomic E-state index is 0.0234. The first-order valence-corrected chi connectivity index (χ1v) is 14.0. The lowest BCUT2D eigenvalue weighted by Crippen LogP contribution is -2.57. The van der Waals surface area contributed by atoms with Crippen molar-refractivity contribution >= 4 is 40.3 Å². The summed E-state index contributed by atoms with van der Waals surface area (Å²) in [5, 5.41) is 7.67. The van der Waals surface area contributed by atoms with Gasteiger partial charge in [0.15, 0.2) is 0 Å². The lowest BCUT2D eigenvalue weighted by Gasteiger charge is -2.43. The second kappa shape index (κ2) is 12.8. The molecule has 216 valence electrons. The van der Waals surface area contributed by atoms with E-state index in [9.17, 15) is 19.2 Å². The molecule has 1 fully saturated rings. The van der Waals surface area contributed by atoms with E-state index in [4.69, 9.17) is 10.5 Å². The third kappa shape index (κ3) is 7.84. The summed E-state index contributed by atoms with van der Waals surface area (Å²) < 4.78 is 5.40. The van der Waals surface area contributed by atoms with Gasteiger partial charge in [-0.2, -0.15) is 0 Å². The summed E-state index contributed by atoms with van der Waals surface area (Å²) in [4.78, 5) is 54.3. The first-order chi connectivity index (χ1) is 19.5. The molecule has 4 N–H and O–H groups in total. The molecule has 1 aliphatic carbocycles. The lowest BCUT2D eigenvalue weighted by atomic mass is 9.87. The SMILES string of the molecule is CC(C)(C)OC(=O)NC(CCC(N)=O)C(=O)N(C1CCC1)C(C(=O)Nc1ccc2ccccc2c1)c1ccccc1. The summed E-state index contributed by atoms with van der Waals surface area (Å²) in [6, 6.07) is 20.3. The van der Waals surface area contributed by atoms with E-state index in [2.05, 4.69) is 10.6 Å². The molecule has 9 nitrogen and oxygen atoms in total. The normalized spacial score (nSPS) is 14.8. The van der Waals surface area contributed by atoms with Crippen molar-refractivity contribution in [3.05, 3.63) is 78.4 Å². The predicted octanol–water partition coefficient (Wildman–Crippen LogP) is 5.06. The van der Waals surface area contributed by atoms with Crippen LogP contribution in [0.5, 0.6) is 0 Å². The molecule has 0 bridgehead atoms. The van der Waals surface area contributed by atoms with Crippen LogP contribution in [0.3, 0.4) is 0 Å². The standard InChI is InChI=1S/C32H38N4O5/c1-32(2,3)41-31(40)35-26(18-19-27(33)37)30(39)36(25-14-9-15-25)28(22-11-5-4-6-12-22)29(38)34-24-17-16-21-10-7-8-13-23(21)20-24/h4-8,10-13,16-17,20,25-26,28H,9,14-15,18-19H2,1-3H3,(H2,33,37)(H,34,38)(H,35,40). The zero-order chi connectivity index (χ0) is 29.6. The molecule has 0 saturated heterocycles. The van der Waals surface area contributed by atoms with Crippen molar-refractivity contribution in [3.63, 3.8) is 0 Å². The van der Waals surface area contributed by atoms with Crippen molar-refractivity contribution in [2.45, 2.75) is 76.6 Å². The molecule has 2 unspecified atom stereocenters. The van der Waals surface area contributed by atoms with Crippen LogP contribution in [0.2, 0.25) is 0 Å². The van der Waals surface area contributed by atoms with Crippen LogP contribution in [0.1, 0.15) is 64.5 Å². The Kier molecular flexibility index (Phi) is 9.27. The van der Waals surface area contributed by atoms with Crippen molar-refractivity contribution in [2.75, 3.05) is 5.32 Å². The van der Waals surface area contributed by atoms with Crippen LogP contribution in [-0.2, 0) is 19.1 Å². The summed E-state index contributed by atoms with van der Waals surface area (Å²) in [5.74, 6) is -1.44. The highest BCUT2D eigenvalue weighted by Crippen LogP contribution is 2.35. The lowest BCUT2D eigenvalue weighted by molar-refractivity contribution is -0.146. The molecule has 0 aliphatic heterocycles. The highest BCUT2D eigenvalue weighted by Gasteiger charge is 2.42. The monoisotopic (exact) mass is 558 g/mol. The maximum Gasteiger partial charge on any atom is 0.408 e. The molecule has 0 spiro atoms. The highest BCUT2D eigenvalue weighted by atomic mass is 16.6. The fourth-order valence-electron chi connectivity index (χ4n) is 4.91. The van der Waals surface area contributed by atoms with E-state index in [-0.39, 0.29) is 24.8 Å². The van der Waals surface area contributed by atoms with Crippen LogP contribution in [0, 0.1) is 0 Å². The summed E-state index contributed by atoms with van der Waals surface area (Å²) in [6.07, 6.45) is 1.41. The molecular weight excluding hydrogens is 520 g/mol. The maximum absolute atomic E-state index is 14.3. The zero-order valence-corrected chi connectivity index (χ0v) is 23.8. The molecule has 4 amide bonds. The van der Waals surface area contributed by atoms with E-state index in [1.54, 1.807) is 25.7 Å². The number of fused-ring (bicyclic) bond motifs is 1. The van der Waals surface area contributed by atoms with E-state index in [0.717, 1.165) is 17.2 Å². The van der Waals surface area contributed by atoms with Gasteiger partial charge in [0.2, 0.25) is 11.8 Å². The second-order valence-corrected chi connectivity index (χ2v) is 11.4. The van der Waals surface area contributed by atoms with Crippen LogP contribution in [0.15, 0.2) is 72.8 Å². The Morgan fingerprint density at radius 1 is 0.951 bits per heavy atom. The van der Waals surface area contributed by atoms with Crippen LogP contribution < -0.4 is 16.4 Å². The van der Waals surface area contributed by atoms with E-state index in [1.165, 1.54) is 0 Å². The number of nitrogens with two attached hydrogens (primary N) is 1. The molecule has 9 heteroatoms. The fourth-order valence-corrected chi connectivity index (χ4v) is 4.91. The van der Waals surface area contributed by atoms with Gasteiger partial charge in [-0.25, -0.2) is 4.79 Å². The first-order valence-electron chi connectivity index (χ1n) is 14.0. The van der Waals surface area contributed by atoms with Crippen LogP contribution in [0.25, 0.3) is 10.8 Å².